The van der Waals surface area contributed by atoms with Gasteiger partial charge in [0, 0.05) is 53.5 Å². The molecule has 0 aliphatic carbocycles. The first kappa shape index (κ1) is 25.1. The maximum Gasteiger partial charge on any atom is 0.213 e. The summed E-state index contributed by atoms with van der Waals surface area (Å²) in [5, 5.41) is 5.10. The van der Waals surface area contributed by atoms with Gasteiger partial charge in [-0.05, 0) is 60.7 Å². The number of thiophene rings is 2. The lowest BCUT2D eigenvalue weighted by molar-refractivity contribution is -0.617. The molecule has 0 radical (unpaired) electrons. The molecule has 0 atom stereocenters. The zero-order chi connectivity index (χ0) is 28.2. The van der Waals surface area contributed by atoms with Gasteiger partial charge in [-0.1, -0.05) is 48.5 Å². The summed E-state index contributed by atoms with van der Waals surface area (Å²) in [4.78, 5) is 0. The molecule has 200 valence electrons. The van der Waals surface area contributed by atoms with Gasteiger partial charge in [0.1, 0.15) is 14.1 Å². The van der Waals surface area contributed by atoms with Crippen LogP contribution >= 0.6 is 22.7 Å². The molecule has 4 aromatic carbocycles. The fraction of sp³-hybridized carbons (Fsp3) is 0.0526. The number of aryl methyl sites for hydroxylation is 2. The van der Waals surface area contributed by atoms with Crippen LogP contribution in [0.5, 0.6) is 0 Å². The van der Waals surface area contributed by atoms with E-state index in [9.17, 15) is 0 Å². The van der Waals surface area contributed by atoms with Crippen molar-refractivity contribution in [1.29, 1.82) is 0 Å². The van der Waals surface area contributed by atoms with Crippen molar-refractivity contribution in [3.05, 3.63) is 151 Å². The highest BCUT2D eigenvalue weighted by Gasteiger charge is 2.17. The fourth-order valence-corrected chi connectivity index (χ4v) is 8.24. The molecule has 0 saturated heterocycles. The van der Waals surface area contributed by atoms with E-state index in [1.807, 2.05) is 22.7 Å². The van der Waals surface area contributed by atoms with Gasteiger partial charge in [0.15, 0.2) is 0 Å². The zero-order valence-electron chi connectivity index (χ0n) is 23.4. The van der Waals surface area contributed by atoms with Crippen LogP contribution < -0.4 is 18.2 Å². The molecule has 0 saturated carbocycles. The molecule has 0 amide bonds. The summed E-state index contributed by atoms with van der Waals surface area (Å²) in [5.74, 6) is 0. The Labute approximate surface area is 251 Å². The molecule has 0 unspecified atom stereocenters. The van der Waals surface area contributed by atoms with Gasteiger partial charge >= 0.3 is 0 Å². The van der Waals surface area contributed by atoms with Crippen LogP contribution in [0.4, 0.5) is 0 Å². The predicted octanol–water partition coefficient (Wildman–Crippen LogP) is 7.02. The van der Waals surface area contributed by atoms with Crippen LogP contribution in [0.15, 0.2) is 121 Å². The van der Waals surface area contributed by atoms with Crippen LogP contribution in [0.2, 0.25) is 0 Å². The highest BCUT2D eigenvalue weighted by molar-refractivity contribution is 7.11. The molecule has 2 nitrogen and oxygen atoms in total. The normalized spacial score (nSPS) is 13.7. The summed E-state index contributed by atoms with van der Waals surface area (Å²) < 4.78 is 9.72. The molecular formula is C38H28N2S2+2. The zero-order valence-corrected chi connectivity index (χ0v) is 25.0. The van der Waals surface area contributed by atoms with E-state index in [-0.39, 0.29) is 0 Å². The smallest absolute Gasteiger partial charge is 0.194 e. The maximum atomic E-state index is 2.36. The predicted molar refractivity (Wildman–Crippen MR) is 178 cm³/mol. The van der Waals surface area contributed by atoms with Gasteiger partial charge in [-0.25, -0.2) is 0 Å². The van der Waals surface area contributed by atoms with E-state index in [1.165, 1.54) is 72.9 Å². The van der Waals surface area contributed by atoms with Crippen LogP contribution in [0, 0.1) is 9.06 Å². The lowest BCUT2D eigenvalue weighted by Crippen LogP contribution is -2.30. The van der Waals surface area contributed by atoms with Gasteiger partial charge in [-0.3, -0.25) is 0 Å². The summed E-state index contributed by atoms with van der Waals surface area (Å²) in [6.07, 6.45) is 4.73. The van der Waals surface area contributed by atoms with Gasteiger partial charge < -0.3 is 0 Å². The Morgan fingerprint density at radius 1 is 0.405 bits per heavy atom. The number of aromatic nitrogens is 2. The molecule has 0 aliphatic heterocycles. The Morgan fingerprint density at radius 2 is 0.714 bits per heavy atom. The first-order chi connectivity index (χ1) is 20.7. The number of fused-ring (bicyclic) bond motifs is 4. The quantitative estimate of drug-likeness (QED) is 0.154. The minimum absolute atomic E-state index is 1.24. The van der Waals surface area contributed by atoms with Crippen molar-refractivity contribution < 1.29 is 9.13 Å². The Hall–Kier alpha value is -4.64. The number of nitrogens with zero attached hydrogens (tertiary/aromatic N) is 2. The van der Waals surface area contributed by atoms with Gasteiger partial charge in [-0.15, -0.1) is 22.7 Å². The number of pyridine rings is 2. The van der Waals surface area contributed by atoms with E-state index < -0.39 is 0 Å². The monoisotopic (exact) mass is 576 g/mol. The van der Waals surface area contributed by atoms with Gasteiger partial charge in [-0.2, -0.15) is 9.13 Å². The van der Waals surface area contributed by atoms with Crippen molar-refractivity contribution in [1.82, 2.24) is 0 Å². The average Bonchev–Trinajstić information content (AvgIpc) is 3.71. The van der Waals surface area contributed by atoms with E-state index >= 15 is 0 Å². The Kier molecular flexibility index (Phi) is 5.99. The Balaban J connectivity index is 1.32. The summed E-state index contributed by atoms with van der Waals surface area (Å²) in [7, 11) is 4.31. The third-order valence-corrected chi connectivity index (χ3v) is 10.6. The first-order valence-electron chi connectivity index (χ1n) is 14.1. The lowest BCUT2D eigenvalue weighted by Gasteiger charge is -2.06. The number of benzene rings is 4. The third kappa shape index (κ3) is 4.06. The molecule has 0 bridgehead atoms. The van der Waals surface area contributed by atoms with Crippen LogP contribution in [-0.4, -0.2) is 0 Å². The molecular weight excluding hydrogens is 549 g/mol. The highest BCUT2D eigenvalue weighted by atomic mass is 32.1. The van der Waals surface area contributed by atoms with Gasteiger partial charge in [0.2, 0.25) is 22.1 Å². The van der Waals surface area contributed by atoms with Crippen molar-refractivity contribution in [2.24, 2.45) is 14.1 Å². The molecule has 0 N–H and O–H groups in total. The molecule has 0 fully saturated rings. The topological polar surface area (TPSA) is 7.76 Å². The highest BCUT2D eigenvalue weighted by Crippen LogP contribution is 2.27. The van der Waals surface area contributed by atoms with Crippen molar-refractivity contribution >= 4 is 78.4 Å². The van der Waals surface area contributed by atoms with Gasteiger partial charge in [0.05, 0.1) is 21.5 Å². The van der Waals surface area contributed by atoms with Crippen molar-refractivity contribution in [2.45, 2.75) is 0 Å². The van der Waals surface area contributed by atoms with Crippen LogP contribution in [-0.2, 0) is 14.1 Å². The summed E-state index contributed by atoms with van der Waals surface area (Å²) in [5.41, 5.74) is 7.53. The second-order valence-electron chi connectivity index (χ2n) is 10.7. The number of rotatable bonds is 2. The maximum absolute atomic E-state index is 2.36. The Bertz CT molecular complexity index is 2260. The van der Waals surface area contributed by atoms with E-state index in [2.05, 4.69) is 157 Å². The Morgan fingerprint density at radius 3 is 1.05 bits per heavy atom. The van der Waals surface area contributed by atoms with Crippen molar-refractivity contribution in [3.63, 3.8) is 0 Å². The SMILES string of the molecule is C[n+]1c2ccccc2c(/C=c2/cc/c(=c3\cc/c(=C\c4c5ccccc5[n+](C)c5ccccc45)s3)s2)c2ccccc21. The first-order valence-corrected chi connectivity index (χ1v) is 15.8. The second-order valence-corrected chi connectivity index (χ2v) is 12.9. The van der Waals surface area contributed by atoms with Crippen LogP contribution in [0.25, 0.3) is 55.8 Å². The van der Waals surface area contributed by atoms with Crippen LogP contribution in [0.3, 0.4) is 0 Å². The average molecular weight is 577 g/mol. The number of hydrogen-bond acceptors (Lipinski definition) is 2. The largest absolute Gasteiger partial charge is 0.213 e. The minimum Gasteiger partial charge on any atom is -0.194 e. The molecule has 42 heavy (non-hydrogen) atoms. The standard InChI is InChI=1S/C38H28N2S2/c1-39-33-15-7-3-11-27(33)31(28-12-4-8-16-34(28)39)23-25-19-21-37(41-25)38-22-20-26(42-38)24-32-29-13-5-9-17-35(29)40(2)36-18-10-6-14-30(32)36/h3-24H,1-2H3/q+2/b25-23-,26-24+,38-37-. The molecule has 8 rings (SSSR count). The minimum atomic E-state index is 1.24. The lowest BCUT2D eigenvalue weighted by atomic mass is 10.0. The van der Waals surface area contributed by atoms with Crippen LogP contribution in [0.1, 0.15) is 11.1 Å². The molecule has 4 aromatic heterocycles. The van der Waals surface area contributed by atoms with E-state index in [1.54, 1.807) is 0 Å². The van der Waals surface area contributed by atoms with E-state index in [0.717, 1.165) is 0 Å². The molecule has 0 aliphatic rings. The molecule has 4 heterocycles. The fourth-order valence-electron chi connectivity index (χ4n) is 6.25. The number of para-hydroxylation sites is 4. The van der Waals surface area contributed by atoms with E-state index in [4.69, 9.17) is 0 Å². The van der Waals surface area contributed by atoms with Crippen molar-refractivity contribution in [2.75, 3.05) is 0 Å². The summed E-state index contributed by atoms with van der Waals surface area (Å²) in [6, 6.07) is 43.9. The van der Waals surface area contributed by atoms with Crippen molar-refractivity contribution in [3.8, 4) is 0 Å². The number of hydrogen-bond donors (Lipinski definition) is 0. The summed E-state index contributed by atoms with van der Waals surface area (Å²) >= 11 is 3.72. The molecule has 0 spiro atoms. The second kappa shape index (κ2) is 10.0. The third-order valence-electron chi connectivity index (χ3n) is 8.29. The van der Waals surface area contributed by atoms with Gasteiger partial charge in [0.25, 0.3) is 0 Å². The molecule has 8 aromatic rings. The molecule has 4 heteroatoms. The summed E-state index contributed by atoms with van der Waals surface area (Å²) in [6.45, 7) is 0. The van der Waals surface area contributed by atoms with E-state index in [0.29, 0.717) is 0 Å².